The maximum absolute atomic E-state index is 14.9. The van der Waals surface area contributed by atoms with E-state index in [0.717, 1.165) is 24.3 Å². The molecule has 0 atom stereocenters. The number of carbonyl (C=O) groups is 1. The highest BCUT2D eigenvalue weighted by atomic mass is 32.2. The molecule has 2 aromatic heterocycles. The summed E-state index contributed by atoms with van der Waals surface area (Å²) in [5.74, 6) is -3.75. The van der Waals surface area contributed by atoms with E-state index in [4.69, 9.17) is 9.47 Å². The predicted octanol–water partition coefficient (Wildman–Crippen LogP) is 4.40. The Labute approximate surface area is 190 Å². The molecular weight excluding hydrogens is 477 g/mol. The fraction of sp³-hybridized carbons (Fsp3) is 0.0476. The van der Waals surface area contributed by atoms with Crippen LogP contribution in [0.3, 0.4) is 0 Å². The lowest BCUT2D eigenvalue weighted by atomic mass is 10.2. The third-order valence-electron chi connectivity index (χ3n) is 4.58. The van der Waals surface area contributed by atoms with Crippen molar-refractivity contribution in [3.63, 3.8) is 0 Å². The highest BCUT2D eigenvalue weighted by Crippen LogP contribution is 2.29. The number of ether oxygens (including phenoxy) is 2. The molecule has 0 saturated carbocycles. The van der Waals surface area contributed by atoms with Crippen LogP contribution in [0, 0.1) is 17.5 Å². The molecule has 0 bridgehead atoms. The Morgan fingerprint density at radius 1 is 1.06 bits per heavy atom. The monoisotopic (exact) mass is 492 g/mol. The van der Waals surface area contributed by atoms with E-state index in [9.17, 15) is 26.4 Å². The van der Waals surface area contributed by atoms with Gasteiger partial charge in [0.15, 0.2) is 23.1 Å². The number of hydrogen-bond donors (Lipinski definition) is 3. The Bertz CT molecular complexity index is 1510. The SMILES string of the molecule is COc1ccc(S(=O)(=O)Nc2ccc(F)c(NC(=O)Oc3cnc4[nH]ccc4c3)c2F)cc1F. The summed E-state index contributed by atoms with van der Waals surface area (Å²) in [5, 5.41) is 2.53. The number of methoxy groups -OCH3 is 1. The number of halogens is 3. The number of sulfonamides is 1. The molecule has 3 N–H and O–H groups in total. The first-order valence-electron chi connectivity index (χ1n) is 9.44. The zero-order valence-electron chi connectivity index (χ0n) is 17.2. The number of amides is 1. The molecular formula is C21H15F3N4O5S. The molecule has 4 aromatic rings. The van der Waals surface area contributed by atoms with Gasteiger partial charge in [-0.2, -0.15) is 0 Å². The molecule has 0 unspecified atom stereocenters. The second-order valence-corrected chi connectivity index (χ2v) is 8.47. The van der Waals surface area contributed by atoms with E-state index in [1.165, 1.54) is 19.4 Å². The first kappa shape index (κ1) is 22.9. The van der Waals surface area contributed by atoms with Gasteiger partial charge in [-0.1, -0.05) is 0 Å². The lowest BCUT2D eigenvalue weighted by molar-refractivity contribution is 0.215. The number of rotatable bonds is 6. The maximum atomic E-state index is 14.9. The molecule has 0 radical (unpaired) electrons. The summed E-state index contributed by atoms with van der Waals surface area (Å²) in [6.07, 6.45) is 1.61. The summed E-state index contributed by atoms with van der Waals surface area (Å²) in [6, 6.07) is 7.49. The molecule has 9 nitrogen and oxygen atoms in total. The van der Waals surface area contributed by atoms with Crippen molar-refractivity contribution < 1.29 is 35.9 Å². The molecule has 0 fully saturated rings. The predicted molar refractivity (Wildman–Crippen MR) is 116 cm³/mol. The van der Waals surface area contributed by atoms with Crippen molar-refractivity contribution in [2.75, 3.05) is 17.1 Å². The zero-order chi connectivity index (χ0) is 24.5. The van der Waals surface area contributed by atoms with Crippen LogP contribution in [0.5, 0.6) is 11.5 Å². The minimum absolute atomic E-state index is 0.00352. The van der Waals surface area contributed by atoms with Gasteiger partial charge in [-0.3, -0.25) is 10.0 Å². The van der Waals surface area contributed by atoms with E-state index < -0.39 is 49.8 Å². The van der Waals surface area contributed by atoms with E-state index in [0.29, 0.717) is 17.1 Å². The number of fused-ring (bicyclic) bond motifs is 1. The van der Waals surface area contributed by atoms with Gasteiger partial charge in [0.2, 0.25) is 0 Å². The second kappa shape index (κ2) is 8.94. The fourth-order valence-electron chi connectivity index (χ4n) is 2.97. The number of nitrogens with one attached hydrogen (secondary N) is 3. The summed E-state index contributed by atoms with van der Waals surface area (Å²) in [7, 11) is -3.27. The molecule has 0 saturated heterocycles. The molecule has 0 aliphatic heterocycles. The van der Waals surface area contributed by atoms with E-state index in [1.54, 1.807) is 12.3 Å². The van der Waals surface area contributed by atoms with Crippen molar-refractivity contribution in [3.05, 3.63) is 72.3 Å². The van der Waals surface area contributed by atoms with Crippen molar-refractivity contribution in [1.29, 1.82) is 0 Å². The van der Waals surface area contributed by atoms with Crippen molar-refractivity contribution in [3.8, 4) is 11.5 Å². The Morgan fingerprint density at radius 2 is 1.85 bits per heavy atom. The Hall–Kier alpha value is -4.26. The number of H-pyrrole nitrogens is 1. The van der Waals surface area contributed by atoms with E-state index in [-0.39, 0.29) is 11.5 Å². The van der Waals surface area contributed by atoms with Gasteiger partial charge in [-0.15, -0.1) is 0 Å². The Kier molecular flexibility index (Phi) is 6.03. The van der Waals surface area contributed by atoms with Gasteiger partial charge in [-0.25, -0.2) is 31.4 Å². The lowest BCUT2D eigenvalue weighted by Crippen LogP contribution is -2.20. The highest BCUT2D eigenvalue weighted by Gasteiger charge is 2.23. The zero-order valence-corrected chi connectivity index (χ0v) is 18.0. The van der Waals surface area contributed by atoms with Crippen molar-refractivity contribution in [2.24, 2.45) is 0 Å². The largest absolute Gasteiger partial charge is 0.494 e. The fourth-order valence-corrected chi connectivity index (χ4v) is 4.04. The Balaban J connectivity index is 1.55. The number of anilines is 2. The maximum Gasteiger partial charge on any atom is 0.417 e. The number of pyridine rings is 1. The molecule has 13 heteroatoms. The van der Waals surface area contributed by atoms with E-state index >= 15 is 0 Å². The van der Waals surface area contributed by atoms with Crippen molar-refractivity contribution in [1.82, 2.24) is 9.97 Å². The second-order valence-electron chi connectivity index (χ2n) is 6.79. The molecule has 0 aliphatic rings. The van der Waals surface area contributed by atoms with Crippen LogP contribution in [-0.4, -0.2) is 31.6 Å². The summed E-state index contributed by atoms with van der Waals surface area (Å²) in [4.78, 5) is 18.5. The first-order chi connectivity index (χ1) is 16.2. The van der Waals surface area contributed by atoms with Gasteiger partial charge in [0, 0.05) is 11.6 Å². The van der Waals surface area contributed by atoms with Crippen molar-refractivity contribution >= 4 is 38.5 Å². The minimum Gasteiger partial charge on any atom is -0.494 e. The van der Waals surface area contributed by atoms with Crippen LogP contribution >= 0.6 is 0 Å². The van der Waals surface area contributed by atoms with Crippen LogP contribution in [0.25, 0.3) is 11.0 Å². The van der Waals surface area contributed by atoms with E-state index in [2.05, 4.69) is 9.97 Å². The molecule has 2 aromatic carbocycles. The number of hydrogen-bond acceptors (Lipinski definition) is 6. The lowest BCUT2D eigenvalue weighted by Gasteiger charge is -2.13. The quantitative estimate of drug-likeness (QED) is 0.367. The van der Waals surface area contributed by atoms with Crippen LogP contribution in [-0.2, 0) is 10.0 Å². The van der Waals surface area contributed by atoms with Crippen LogP contribution < -0.4 is 19.5 Å². The molecule has 34 heavy (non-hydrogen) atoms. The first-order valence-corrected chi connectivity index (χ1v) is 10.9. The van der Waals surface area contributed by atoms with Gasteiger partial charge >= 0.3 is 6.09 Å². The standard InChI is InChI=1S/C21H15F3N4O5S/c1-32-17-5-2-13(9-15(17)23)34(30,31)28-16-4-3-14(22)19(18(16)24)27-21(29)33-12-8-11-6-7-25-20(11)26-10-12/h2-10,28H,1H3,(H,25,26)(H,27,29). The molecule has 0 spiro atoms. The summed E-state index contributed by atoms with van der Waals surface area (Å²) < 4.78 is 79.7. The van der Waals surface area contributed by atoms with Crippen LogP contribution in [0.2, 0.25) is 0 Å². The molecule has 4 rings (SSSR count). The van der Waals surface area contributed by atoms with Gasteiger partial charge in [-0.05, 0) is 42.5 Å². The average molecular weight is 492 g/mol. The normalized spacial score (nSPS) is 11.3. The molecule has 2 heterocycles. The van der Waals surface area contributed by atoms with Crippen LogP contribution in [0.4, 0.5) is 29.3 Å². The van der Waals surface area contributed by atoms with Crippen molar-refractivity contribution in [2.45, 2.75) is 4.90 Å². The van der Waals surface area contributed by atoms with Gasteiger partial charge in [0.1, 0.15) is 17.2 Å². The Morgan fingerprint density at radius 3 is 2.59 bits per heavy atom. The molecule has 176 valence electrons. The summed E-state index contributed by atoms with van der Waals surface area (Å²) in [5.41, 5.74) is -1.10. The molecule has 1 amide bonds. The number of aromatic nitrogens is 2. The topological polar surface area (TPSA) is 122 Å². The smallest absolute Gasteiger partial charge is 0.417 e. The third kappa shape index (κ3) is 4.59. The third-order valence-corrected chi connectivity index (χ3v) is 5.94. The number of carbonyl (C=O) groups excluding carboxylic acids is 1. The van der Waals surface area contributed by atoms with Crippen LogP contribution in [0.15, 0.2) is 59.8 Å². The average Bonchev–Trinajstić information content (AvgIpc) is 3.26. The van der Waals surface area contributed by atoms with Gasteiger partial charge < -0.3 is 14.5 Å². The number of nitrogens with zero attached hydrogens (tertiary/aromatic N) is 1. The summed E-state index contributed by atoms with van der Waals surface area (Å²) in [6.45, 7) is 0. The summed E-state index contributed by atoms with van der Waals surface area (Å²) >= 11 is 0. The highest BCUT2D eigenvalue weighted by molar-refractivity contribution is 7.92. The van der Waals surface area contributed by atoms with Gasteiger partial charge in [0.05, 0.1) is 23.9 Å². The number of benzene rings is 2. The molecule has 0 aliphatic carbocycles. The van der Waals surface area contributed by atoms with Gasteiger partial charge in [0.25, 0.3) is 10.0 Å². The minimum atomic E-state index is -4.47. The van der Waals surface area contributed by atoms with Crippen LogP contribution in [0.1, 0.15) is 0 Å². The van der Waals surface area contributed by atoms with E-state index in [1.807, 2.05) is 10.0 Å². The number of aromatic amines is 1.